The minimum Gasteiger partial charge on any atom is -0.539 e. The first-order valence-corrected chi connectivity index (χ1v) is 15.1. The molecule has 30 heavy (non-hydrogen) atoms. The van der Waals surface area contributed by atoms with Crippen molar-refractivity contribution < 1.29 is 14.3 Å². The fourth-order valence-electron chi connectivity index (χ4n) is 2.48. The SMILES string of the molecule is CC(C)(C)[Si](C)(C)O/C(=C\CCCCCSc1nc(-c2ccccc2)cs1)C(=O)O. The number of thioether (sulfide) groups is 1. The maximum atomic E-state index is 11.6. The molecule has 0 saturated carbocycles. The molecule has 0 unspecified atom stereocenters. The van der Waals surface area contributed by atoms with Crippen LogP contribution in [0.15, 0.2) is 51.9 Å². The Morgan fingerprint density at radius 1 is 1.20 bits per heavy atom. The third kappa shape index (κ3) is 7.60. The van der Waals surface area contributed by atoms with E-state index in [-0.39, 0.29) is 10.8 Å². The van der Waals surface area contributed by atoms with Gasteiger partial charge in [-0.05, 0) is 43.5 Å². The summed E-state index contributed by atoms with van der Waals surface area (Å²) in [4.78, 5) is 16.3. The maximum absolute atomic E-state index is 11.6. The summed E-state index contributed by atoms with van der Waals surface area (Å²) in [5.74, 6) is 0.179. The molecule has 1 aromatic heterocycles. The summed E-state index contributed by atoms with van der Waals surface area (Å²) < 4.78 is 7.08. The number of carbonyl (C=O) groups is 1. The molecule has 1 heterocycles. The van der Waals surface area contributed by atoms with Crippen LogP contribution in [-0.2, 0) is 9.22 Å². The van der Waals surface area contributed by atoms with Crippen LogP contribution in [0.4, 0.5) is 0 Å². The molecule has 0 aliphatic heterocycles. The van der Waals surface area contributed by atoms with Gasteiger partial charge in [-0.2, -0.15) is 0 Å². The first-order chi connectivity index (χ1) is 14.1. The number of carboxylic acid groups (broad SMARTS) is 1. The Hall–Kier alpha value is -1.57. The highest BCUT2D eigenvalue weighted by Gasteiger charge is 2.40. The largest absolute Gasteiger partial charge is 0.539 e. The predicted octanol–water partition coefficient (Wildman–Crippen LogP) is 7.45. The van der Waals surface area contributed by atoms with Crippen molar-refractivity contribution in [2.45, 2.75) is 68.9 Å². The third-order valence-electron chi connectivity index (χ3n) is 5.34. The molecular formula is C23H33NO3S2Si. The Morgan fingerprint density at radius 2 is 1.90 bits per heavy atom. The van der Waals surface area contributed by atoms with Crippen LogP contribution in [0, 0.1) is 0 Å². The number of unbranched alkanes of at least 4 members (excludes halogenated alkanes) is 3. The maximum Gasteiger partial charge on any atom is 0.369 e. The molecule has 0 aliphatic carbocycles. The summed E-state index contributed by atoms with van der Waals surface area (Å²) in [6.07, 6.45) is 5.60. The average Bonchev–Trinajstić information content (AvgIpc) is 3.15. The molecule has 164 valence electrons. The van der Waals surface area contributed by atoms with Gasteiger partial charge >= 0.3 is 5.97 Å². The van der Waals surface area contributed by atoms with Crippen molar-refractivity contribution in [2.75, 3.05) is 5.75 Å². The van der Waals surface area contributed by atoms with Gasteiger partial charge in [-0.3, -0.25) is 0 Å². The zero-order chi connectivity index (χ0) is 22.2. The van der Waals surface area contributed by atoms with E-state index in [2.05, 4.69) is 51.4 Å². The van der Waals surface area contributed by atoms with E-state index in [0.29, 0.717) is 0 Å². The zero-order valence-electron chi connectivity index (χ0n) is 18.6. The highest BCUT2D eigenvalue weighted by molar-refractivity contribution is 8.01. The number of thiazole rings is 1. The Morgan fingerprint density at radius 3 is 2.53 bits per heavy atom. The van der Waals surface area contributed by atoms with Crippen molar-refractivity contribution in [3.05, 3.63) is 47.5 Å². The molecule has 0 amide bonds. The molecule has 7 heteroatoms. The highest BCUT2D eigenvalue weighted by atomic mass is 32.2. The number of allylic oxidation sites excluding steroid dienone is 1. The molecular weight excluding hydrogens is 430 g/mol. The number of carboxylic acids is 1. The fraction of sp³-hybridized carbons (Fsp3) is 0.478. The van der Waals surface area contributed by atoms with E-state index in [1.807, 2.05) is 18.2 Å². The monoisotopic (exact) mass is 463 g/mol. The average molecular weight is 464 g/mol. The number of hydrogen-bond acceptors (Lipinski definition) is 5. The lowest BCUT2D eigenvalue weighted by Crippen LogP contribution is -2.41. The Bertz CT molecular complexity index is 842. The number of aromatic nitrogens is 1. The molecule has 0 radical (unpaired) electrons. The molecule has 2 rings (SSSR count). The van der Waals surface area contributed by atoms with Crippen LogP contribution in [0.5, 0.6) is 0 Å². The van der Waals surface area contributed by atoms with E-state index >= 15 is 0 Å². The van der Waals surface area contributed by atoms with Gasteiger partial charge in [0, 0.05) is 16.7 Å². The van der Waals surface area contributed by atoms with Gasteiger partial charge in [-0.25, -0.2) is 9.78 Å². The van der Waals surface area contributed by atoms with Gasteiger partial charge in [-0.1, -0.05) is 69.3 Å². The predicted molar refractivity (Wildman–Crippen MR) is 131 cm³/mol. The molecule has 0 bridgehead atoms. The van der Waals surface area contributed by atoms with Crippen molar-refractivity contribution >= 4 is 37.4 Å². The lowest BCUT2D eigenvalue weighted by molar-refractivity contribution is -0.135. The molecule has 0 spiro atoms. The summed E-state index contributed by atoms with van der Waals surface area (Å²) in [6.45, 7) is 10.5. The first kappa shape index (κ1) is 24.7. The van der Waals surface area contributed by atoms with Gasteiger partial charge in [0.1, 0.15) is 0 Å². The summed E-state index contributed by atoms with van der Waals surface area (Å²) in [5, 5.41) is 11.6. The number of aliphatic carboxylic acids is 1. The van der Waals surface area contributed by atoms with E-state index in [9.17, 15) is 9.90 Å². The van der Waals surface area contributed by atoms with Crippen molar-refractivity contribution in [3.8, 4) is 11.3 Å². The molecule has 1 aromatic carbocycles. The number of hydrogen-bond donors (Lipinski definition) is 1. The van der Waals surface area contributed by atoms with Crippen LogP contribution in [0.1, 0.15) is 46.5 Å². The molecule has 2 aromatic rings. The van der Waals surface area contributed by atoms with Crippen molar-refractivity contribution in [2.24, 2.45) is 0 Å². The normalized spacial score (nSPS) is 12.8. The number of benzene rings is 1. The van der Waals surface area contributed by atoms with Gasteiger partial charge < -0.3 is 9.53 Å². The van der Waals surface area contributed by atoms with E-state index < -0.39 is 14.3 Å². The zero-order valence-corrected chi connectivity index (χ0v) is 21.2. The quantitative estimate of drug-likeness (QED) is 0.123. The molecule has 0 saturated heterocycles. The second-order valence-corrected chi connectivity index (χ2v) is 15.7. The molecule has 1 N–H and O–H groups in total. The summed E-state index contributed by atoms with van der Waals surface area (Å²) in [5.41, 5.74) is 2.19. The first-order valence-electron chi connectivity index (χ1n) is 10.4. The van der Waals surface area contributed by atoms with Crippen LogP contribution >= 0.6 is 23.1 Å². The molecule has 0 fully saturated rings. The summed E-state index contributed by atoms with van der Waals surface area (Å²) in [7, 11) is -2.13. The van der Waals surface area contributed by atoms with Crippen LogP contribution < -0.4 is 0 Å². The van der Waals surface area contributed by atoms with Gasteiger partial charge in [0.25, 0.3) is 8.32 Å². The van der Waals surface area contributed by atoms with Crippen LogP contribution in [0.3, 0.4) is 0 Å². The number of nitrogens with zero attached hydrogens (tertiary/aromatic N) is 1. The van der Waals surface area contributed by atoms with Crippen LogP contribution in [0.25, 0.3) is 11.3 Å². The van der Waals surface area contributed by atoms with E-state index in [1.165, 1.54) is 0 Å². The van der Waals surface area contributed by atoms with Crippen molar-refractivity contribution in [1.82, 2.24) is 4.98 Å². The van der Waals surface area contributed by atoms with Gasteiger partial charge in [-0.15, -0.1) is 11.3 Å². The van der Waals surface area contributed by atoms with E-state index in [4.69, 9.17) is 9.41 Å². The van der Waals surface area contributed by atoms with Crippen molar-refractivity contribution in [3.63, 3.8) is 0 Å². The smallest absolute Gasteiger partial charge is 0.369 e. The summed E-state index contributed by atoms with van der Waals surface area (Å²) >= 11 is 3.49. The van der Waals surface area contributed by atoms with Gasteiger partial charge in [0.2, 0.25) is 0 Å². The van der Waals surface area contributed by atoms with Gasteiger partial charge in [0.05, 0.1) is 5.69 Å². The van der Waals surface area contributed by atoms with Crippen molar-refractivity contribution in [1.29, 1.82) is 0 Å². The number of rotatable bonds is 11. The lowest BCUT2D eigenvalue weighted by atomic mass is 10.2. The standard InChI is InChI=1S/C23H33NO3S2Si/c1-23(2,3)30(4,5)27-20(21(25)26)15-11-6-7-12-16-28-22-24-19(17-29-22)18-13-9-8-10-14-18/h8-10,13-15,17H,6-7,11-12,16H2,1-5H3,(H,25,26)/b20-15-. The van der Waals surface area contributed by atoms with Crippen LogP contribution in [-0.4, -0.2) is 30.1 Å². The fourth-order valence-corrected chi connectivity index (χ4v) is 5.41. The topological polar surface area (TPSA) is 59.4 Å². The van der Waals surface area contributed by atoms with Crippen LogP contribution in [0.2, 0.25) is 18.1 Å². The highest BCUT2D eigenvalue weighted by Crippen LogP contribution is 2.38. The minimum absolute atomic E-state index is 0.0189. The third-order valence-corrected chi connectivity index (χ3v) is 11.8. The Balaban J connectivity index is 1.72. The molecule has 4 nitrogen and oxygen atoms in total. The van der Waals surface area contributed by atoms with Gasteiger partial charge in [0.15, 0.2) is 10.1 Å². The molecule has 0 aliphatic rings. The Labute approximate surface area is 189 Å². The summed E-state index contributed by atoms with van der Waals surface area (Å²) in [6, 6.07) is 10.2. The second-order valence-electron chi connectivity index (χ2n) is 8.80. The van der Waals surface area contributed by atoms with E-state index in [1.54, 1.807) is 29.2 Å². The lowest BCUT2D eigenvalue weighted by Gasteiger charge is -2.36. The molecule has 0 atom stereocenters. The minimum atomic E-state index is -2.13. The second kappa shape index (κ2) is 11.2. The Kier molecular flexibility index (Phi) is 9.19. The van der Waals surface area contributed by atoms with E-state index in [0.717, 1.165) is 47.0 Å².